The normalized spacial score (nSPS) is 9.75. The van der Waals surface area contributed by atoms with E-state index in [4.69, 9.17) is 9.84 Å². The third-order valence-corrected chi connectivity index (χ3v) is 1.38. The molecule has 4 heteroatoms. The van der Waals surface area contributed by atoms with Crippen molar-refractivity contribution in [2.24, 2.45) is 0 Å². The minimum absolute atomic E-state index is 0.0993. The summed E-state index contributed by atoms with van der Waals surface area (Å²) in [6.45, 7) is 1.17. The summed E-state index contributed by atoms with van der Waals surface area (Å²) < 4.78 is 4.89. The first-order valence-electron chi connectivity index (χ1n) is 2.35. The molecule has 0 aliphatic heterocycles. The van der Waals surface area contributed by atoms with Crippen LogP contribution in [-0.4, -0.2) is 30.7 Å². The summed E-state index contributed by atoms with van der Waals surface area (Å²) in [5.74, 6) is 0.829. The second-order valence-electron chi connectivity index (χ2n) is 1.16. The molecule has 8 heavy (non-hydrogen) atoms. The number of rotatable bonds is 5. The van der Waals surface area contributed by atoms with Gasteiger partial charge in [-0.3, -0.25) is 0 Å². The third kappa shape index (κ3) is 6.62. The molecule has 1 radical (unpaired) electrons. The van der Waals surface area contributed by atoms with Crippen molar-refractivity contribution >= 4 is 22.5 Å². The number of aliphatic hydroxyl groups is 1. The van der Waals surface area contributed by atoms with Gasteiger partial charge in [0.1, 0.15) is 0 Å². The van der Waals surface area contributed by atoms with Crippen molar-refractivity contribution in [2.45, 2.75) is 0 Å². The molecule has 49 valence electrons. The molecule has 0 aromatic heterocycles. The Morgan fingerprint density at radius 3 is 2.75 bits per heavy atom. The minimum atomic E-state index is 0.0993. The molecule has 0 aliphatic carbocycles. The SMILES string of the molecule is OCCOCCS[S]. The second kappa shape index (κ2) is 7.62. The highest BCUT2D eigenvalue weighted by Crippen LogP contribution is 2.02. The Morgan fingerprint density at radius 2 is 2.25 bits per heavy atom. The van der Waals surface area contributed by atoms with Crippen molar-refractivity contribution in [1.29, 1.82) is 0 Å². The zero-order chi connectivity index (χ0) is 6.24. The Bertz CT molecular complexity index is 37.0. The van der Waals surface area contributed by atoms with Gasteiger partial charge < -0.3 is 9.84 Å². The van der Waals surface area contributed by atoms with Gasteiger partial charge in [0.25, 0.3) is 0 Å². The van der Waals surface area contributed by atoms with Crippen molar-refractivity contribution < 1.29 is 9.84 Å². The van der Waals surface area contributed by atoms with Crippen molar-refractivity contribution in [3.8, 4) is 0 Å². The van der Waals surface area contributed by atoms with Gasteiger partial charge in [-0.2, -0.15) is 0 Å². The van der Waals surface area contributed by atoms with Crippen LogP contribution in [0.25, 0.3) is 0 Å². The molecule has 0 heterocycles. The minimum Gasteiger partial charge on any atom is -0.394 e. The fourth-order valence-electron chi connectivity index (χ4n) is 0.260. The predicted octanol–water partition coefficient (Wildman–Crippen LogP) is 0.841. The summed E-state index contributed by atoms with van der Waals surface area (Å²) >= 11 is 4.58. The Hall–Kier alpha value is 0.620. The van der Waals surface area contributed by atoms with Crippen molar-refractivity contribution in [2.75, 3.05) is 25.6 Å². The predicted molar refractivity (Wildman–Crippen MR) is 38.0 cm³/mol. The van der Waals surface area contributed by atoms with E-state index in [0.29, 0.717) is 13.2 Å². The molecular formula is C4H9O2S2. The molecule has 0 aromatic rings. The van der Waals surface area contributed by atoms with Crippen LogP contribution in [0, 0.1) is 0 Å². The van der Waals surface area contributed by atoms with Crippen LogP contribution in [0.15, 0.2) is 0 Å². The lowest BCUT2D eigenvalue weighted by Crippen LogP contribution is -2.01. The van der Waals surface area contributed by atoms with Crippen LogP contribution in [-0.2, 0) is 4.74 Å². The Kier molecular flexibility index (Phi) is 8.21. The average molecular weight is 153 g/mol. The van der Waals surface area contributed by atoms with Crippen LogP contribution in [0.5, 0.6) is 0 Å². The zero-order valence-corrected chi connectivity index (χ0v) is 6.13. The van der Waals surface area contributed by atoms with E-state index in [1.165, 1.54) is 10.8 Å². The van der Waals surface area contributed by atoms with Crippen molar-refractivity contribution in [3.63, 3.8) is 0 Å². The summed E-state index contributed by atoms with van der Waals surface area (Å²) in [5.41, 5.74) is 0. The summed E-state index contributed by atoms with van der Waals surface area (Å²) in [6, 6.07) is 0. The van der Waals surface area contributed by atoms with Crippen LogP contribution in [0.3, 0.4) is 0 Å². The molecule has 0 bridgehead atoms. The van der Waals surface area contributed by atoms with E-state index in [0.717, 1.165) is 5.75 Å². The monoisotopic (exact) mass is 153 g/mol. The van der Waals surface area contributed by atoms with Gasteiger partial charge in [0.15, 0.2) is 0 Å². The maximum absolute atomic E-state index is 8.21. The van der Waals surface area contributed by atoms with Gasteiger partial charge >= 0.3 is 0 Å². The summed E-state index contributed by atoms with van der Waals surface area (Å²) in [7, 11) is 1.33. The third-order valence-electron chi connectivity index (χ3n) is 0.547. The number of hydrogen-bond donors (Lipinski definition) is 1. The van der Waals surface area contributed by atoms with E-state index in [9.17, 15) is 0 Å². The largest absolute Gasteiger partial charge is 0.394 e. The first kappa shape index (κ1) is 8.62. The fourth-order valence-corrected chi connectivity index (χ4v) is 0.650. The van der Waals surface area contributed by atoms with E-state index in [1.54, 1.807) is 0 Å². The van der Waals surface area contributed by atoms with E-state index in [1.807, 2.05) is 0 Å². The Labute approximate surface area is 58.4 Å². The first-order chi connectivity index (χ1) is 3.91. The molecular weight excluding hydrogens is 144 g/mol. The molecule has 0 atom stereocenters. The highest BCUT2D eigenvalue weighted by Gasteiger charge is 1.83. The number of aliphatic hydroxyl groups excluding tert-OH is 1. The van der Waals surface area contributed by atoms with Crippen LogP contribution >= 0.6 is 22.5 Å². The lowest BCUT2D eigenvalue weighted by Gasteiger charge is -1.96. The molecule has 0 rings (SSSR count). The number of hydrogen-bond acceptors (Lipinski definition) is 3. The molecule has 0 saturated carbocycles. The van der Waals surface area contributed by atoms with Gasteiger partial charge in [0, 0.05) is 5.75 Å². The van der Waals surface area contributed by atoms with Gasteiger partial charge in [-0.25, -0.2) is 0 Å². The zero-order valence-electron chi connectivity index (χ0n) is 4.50. The van der Waals surface area contributed by atoms with E-state index in [2.05, 4.69) is 11.7 Å². The Morgan fingerprint density at radius 1 is 1.50 bits per heavy atom. The molecule has 0 saturated heterocycles. The molecule has 1 N–H and O–H groups in total. The maximum atomic E-state index is 8.21. The molecule has 0 spiro atoms. The van der Waals surface area contributed by atoms with E-state index >= 15 is 0 Å². The number of ether oxygens (including phenoxy) is 1. The summed E-state index contributed by atoms with van der Waals surface area (Å²) in [4.78, 5) is 0. The van der Waals surface area contributed by atoms with Crippen LogP contribution in [0.4, 0.5) is 0 Å². The van der Waals surface area contributed by atoms with Crippen molar-refractivity contribution in [3.05, 3.63) is 0 Å². The molecule has 0 amide bonds. The summed E-state index contributed by atoms with van der Waals surface area (Å²) in [5, 5.41) is 8.21. The van der Waals surface area contributed by atoms with Gasteiger partial charge in [0.2, 0.25) is 0 Å². The van der Waals surface area contributed by atoms with E-state index < -0.39 is 0 Å². The van der Waals surface area contributed by atoms with Gasteiger partial charge in [-0.1, -0.05) is 10.8 Å². The maximum Gasteiger partial charge on any atom is 0.0698 e. The Balaban J connectivity index is 2.53. The van der Waals surface area contributed by atoms with Gasteiger partial charge in [0.05, 0.1) is 19.8 Å². The van der Waals surface area contributed by atoms with Gasteiger partial charge in [-0.05, 0) is 11.7 Å². The lowest BCUT2D eigenvalue weighted by molar-refractivity contribution is 0.103. The molecule has 0 fully saturated rings. The fraction of sp³-hybridized carbons (Fsp3) is 1.00. The lowest BCUT2D eigenvalue weighted by atomic mass is 10.7. The first-order valence-corrected chi connectivity index (χ1v) is 4.26. The van der Waals surface area contributed by atoms with Crippen LogP contribution < -0.4 is 0 Å². The summed E-state index contributed by atoms with van der Waals surface area (Å²) in [6.07, 6.45) is 0. The quantitative estimate of drug-likeness (QED) is 0.469. The van der Waals surface area contributed by atoms with Crippen molar-refractivity contribution in [1.82, 2.24) is 0 Å². The molecule has 0 unspecified atom stereocenters. The topological polar surface area (TPSA) is 29.5 Å². The standard InChI is InChI=1S/C4H9O2S2/c5-1-2-6-3-4-8-7/h5H,1-4H2. The second-order valence-corrected chi connectivity index (χ2v) is 2.51. The van der Waals surface area contributed by atoms with Gasteiger partial charge in [-0.15, -0.1) is 0 Å². The highest BCUT2D eigenvalue weighted by atomic mass is 33.1. The highest BCUT2D eigenvalue weighted by molar-refractivity contribution is 8.68. The van der Waals surface area contributed by atoms with Crippen LogP contribution in [0.1, 0.15) is 0 Å². The van der Waals surface area contributed by atoms with Crippen LogP contribution in [0.2, 0.25) is 0 Å². The molecule has 2 nitrogen and oxygen atoms in total. The van der Waals surface area contributed by atoms with E-state index in [-0.39, 0.29) is 6.61 Å². The molecule has 0 aliphatic rings. The average Bonchev–Trinajstić information content (AvgIpc) is 1.81. The smallest absolute Gasteiger partial charge is 0.0698 e. The molecule has 0 aromatic carbocycles.